The van der Waals surface area contributed by atoms with Crippen LogP contribution in [0.1, 0.15) is 86.1 Å². The molecule has 3 aromatic heterocycles. The Bertz CT molecular complexity index is 1320. The number of anilines is 2. The highest BCUT2D eigenvalue weighted by molar-refractivity contribution is 7.14. The van der Waals surface area contributed by atoms with Crippen LogP contribution in [0.25, 0.3) is 11.4 Å². The molecular formula is C28H38N8O2S. The van der Waals surface area contributed by atoms with E-state index in [2.05, 4.69) is 49.2 Å². The molecule has 1 saturated heterocycles. The molecule has 11 heteroatoms. The van der Waals surface area contributed by atoms with Gasteiger partial charge < -0.3 is 15.4 Å². The zero-order chi connectivity index (χ0) is 27.0. The summed E-state index contributed by atoms with van der Waals surface area (Å²) in [4.78, 5) is 29.1. The van der Waals surface area contributed by atoms with Gasteiger partial charge in [-0.3, -0.25) is 15.2 Å². The lowest BCUT2D eigenvalue weighted by Gasteiger charge is -2.35. The second-order valence-electron chi connectivity index (χ2n) is 11.9. The molecule has 4 N–H and O–H groups in total. The number of hydrogen-bond donors (Lipinski definition) is 3. The van der Waals surface area contributed by atoms with Crippen molar-refractivity contribution in [2.75, 3.05) is 30.7 Å². The zero-order valence-electron chi connectivity index (χ0n) is 22.8. The van der Waals surface area contributed by atoms with Crippen LogP contribution in [0.2, 0.25) is 0 Å². The lowest BCUT2D eigenvalue weighted by Crippen LogP contribution is -2.40. The van der Waals surface area contributed by atoms with Crippen LogP contribution in [-0.4, -0.2) is 61.7 Å². The largest absolute Gasteiger partial charge is 0.372 e. The second kappa shape index (κ2) is 10.9. The Labute approximate surface area is 233 Å². The Hall–Kier alpha value is -2.89. The summed E-state index contributed by atoms with van der Waals surface area (Å²) in [6, 6.07) is 0. The number of nitrogens with one attached hydrogen (secondary N) is 2. The van der Waals surface area contributed by atoms with Gasteiger partial charge in [0.1, 0.15) is 0 Å². The number of amides is 1. The summed E-state index contributed by atoms with van der Waals surface area (Å²) in [5.74, 6) is 0.794. The molecule has 0 atom stereocenters. The summed E-state index contributed by atoms with van der Waals surface area (Å²) in [6.45, 7) is 8.14. The average Bonchev–Trinajstić information content (AvgIpc) is 3.58. The van der Waals surface area contributed by atoms with Gasteiger partial charge in [-0.25, -0.2) is 15.0 Å². The lowest BCUT2D eigenvalue weighted by atomic mass is 9.73. The Balaban J connectivity index is 1.04. The fourth-order valence-corrected chi connectivity index (χ4v) is 7.14. The molecule has 4 heterocycles. The number of carbonyl (C=O) groups excluding carboxylic acids is 1. The molecule has 39 heavy (non-hydrogen) atoms. The number of ether oxygens (including phenoxy) is 1. The monoisotopic (exact) mass is 550 g/mol. The molecule has 10 nitrogen and oxygen atoms in total. The van der Waals surface area contributed by atoms with Gasteiger partial charge in [-0.2, -0.15) is 5.10 Å². The Morgan fingerprint density at radius 2 is 2.00 bits per heavy atom. The fraction of sp³-hybridized carbons (Fsp3) is 0.607. The average molecular weight is 551 g/mol. The highest BCUT2D eigenvalue weighted by Gasteiger charge is 2.38. The van der Waals surface area contributed by atoms with Crippen LogP contribution >= 0.6 is 11.3 Å². The smallest absolute Gasteiger partial charge is 0.278 e. The molecule has 3 aliphatic rings. The summed E-state index contributed by atoms with van der Waals surface area (Å²) < 4.78 is 6.21. The van der Waals surface area contributed by atoms with E-state index in [0.717, 1.165) is 54.4 Å². The number of nitrogen functional groups attached to an aromatic ring is 1. The van der Waals surface area contributed by atoms with Gasteiger partial charge in [0.25, 0.3) is 5.91 Å². The molecule has 1 amide bonds. The molecule has 0 spiro atoms. The third kappa shape index (κ3) is 5.71. The number of thiazole rings is 1. The van der Waals surface area contributed by atoms with Crippen molar-refractivity contribution >= 4 is 28.3 Å². The van der Waals surface area contributed by atoms with E-state index < -0.39 is 0 Å². The maximum Gasteiger partial charge on any atom is 0.278 e. The number of aromatic nitrogens is 5. The number of carbonyl (C=O) groups is 1. The Morgan fingerprint density at radius 3 is 2.79 bits per heavy atom. The highest BCUT2D eigenvalue weighted by Crippen LogP contribution is 2.42. The minimum Gasteiger partial charge on any atom is -0.372 e. The summed E-state index contributed by atoms with van der Waals surface area (Å²) in [7, 11) is 0. The summed E-state index contributed by atoms with van der Waals surface area (Å²) in [5.41, 5.74) is 9.95. The third-order valence-corrected chi connectivity index (χ3v) is 9.23. The number of piperidine rings is 1. The van der Waals surface area contributed by atoms with E-state index in [1.54, 1.807) is 6.20 Å². The number of nitrogens with zero attached hydrogens (tertiary/aromatic N) is 5. The van der Waals surface area contributed by atoms with Gasteiger partial charge in [0.05, 0.1) is 29.8 Å². The molecule has 208 valence electrons. The molecule has 2 aliphatic carbocycles. The Morgan fingerprint density at radius 1 is 1.21 bits per heavy atom. The third-order valence-electron chi connectivity index (χ3n) is 8.43. The van der Waals surface area contributed by atoms with E-state index in [-0.39, 0.29) is 23.4 Å². The van der Waals surface area contributed by atoms with Crippen LogP contribution in [-0.2, 0) is 23.2 Å². The summed E-state index contributed by atoms with van der Waals surface area (Å²) in [6.07, 6.45) is 11.9. The van der Waals surface area contributed by atoms with Gasteiger partial charge in [0, 0.05) is 36.8 Å². The van der Waals surface area contributed by atoms with Gasteiger partial charge in [-0.1, -0.05) is 33.1 Å². The van der Waals surface area contributed by atoms with E-state index in [9.17, 15) is 4.79 Å². The minimum absolute atomic E-state index is 0.197. The number of rotatable bonds is 7. The predicted octanol–water partition coefficient (Wildman–Crippen LogP) is 4.55. The molecule has 0 unspecified atom stereocenters. The van der Waals surface area contributed by atoms with Crippen LogP contribution in [0.4, 0.5) is 11.1 Å². The van der Waals surface area contributed by atoms with Crippen molar-refractivity contribution < 1.29 is 9.53 Å². The highest BCUT2D eigenvalue weighted by atomic mass is 32.1. The zero-order valence-corrected chi connectivity index (χ0v) is 23.6. The van der Waals surface area contributed by atoms with Crippen LogP contribution in [0.15, 0.2) is 11.6 Å². The first-order chi connectivity index (χ1) is 18.9. The number of H-pyrrole nitrogens is 1. The number of hydrogen-bond acceptors (Lipinski definition) is 9. The molecular weight excluding hydrogens is 512 g/mol. The molecule has 0 bridgehead atoms. The van der Waals surface area contributed by atoms with Crippen molar-refractivity contribution in [3.05, 3.63) is 34.1 Å². The standard InChI is InChI=1S/C28H38N8O2S/c1-28(2)12-18-13-30-26(29)32-22(18)23-21(28)24(35-34-23)25(37)33-27-31-19(16-39-27)15-38-20-8-10-36(11-9-20)14-17-6-4-3-5-7-17/h13,16-17,20H,3-12,14-15H2,1-2H3,(H,34,35)(H2,29,30,32)(H,31,33,37). The van der Waals surface area contributed by atoms with Crippen LogP contribution < -0.4 is 11.1 Å². The maximum absolute atomic E-state index is 13.3. The SMILES string of the molecule is CC1(C)Cc2cnc(N)nc2-c2[nH]nc(C(=O)Nc3nc(COC4CCN(CC5CCCCC5)CC4)cs3)c21. The molecule has 1 aliphatic heterocycles. The minimum atomic E-state index is -0.324. The van der Waals surface area contributed by atoms with Gasteiger partial charge in [-0.05, 0) is 49.0 Å². The number of fused-ring (bicyclic) bond motifs is 3. The van der Waals surface area contributed by atoms with Crippen LogP contribution in [0.5, 0.6) is 0 Å². The van der Waals surface area contributed by atoms with Crippen molar-refractivity contribution in [2.45, 2.75) is 83.3 Å². The second-order valence-corrected chi connectivity index (χ2v) is 12.8. The van der Waals surface area contributed by atoms with Crippen molar-refractivity contribution in [1.82, 2.24) is 30.0 Å². The van der Waals surface area contributed by atoms with E-state index in [4.69, 9.17) is 10.5 Å². The van der Waals surface area contributed by atoms with Crippen LogP contribution in [0, 0.1) is 5.92 Å². The number of likely N-dealkylation sites (tertiary alicyclic amines) is 1. The van der Waals surface area contributed by atoms with E-state index in [1.165, 1.54) is 50.0 Å². The first-order valence-electron chi connectivity index (χ1n) is 14.2. The van der Waals surface area contributed by atoms with Crippen molar-refractivity contribution in [3.63, 3.8) is 0 Å². The van der Waals surface area contributed by atoms with Crippen molar-refractivity contribution in [1.29, 1.82) is 0 Å². The molecule has 0 radical (unpaired) electrons. The van der Waals surface area contributed by atoms with Crippen molar-refractivity contribution in [3.8, 4) is 11.4 Å². The molecule has 3 aromatic rings. The van der Waals surface area contributed by atoms with Gasteiger partial charge >= 0.3 is 0 Å². The fourth-order valence-electron chi connectivity index (χ4n) is 6.45. The quantitative estimate of drug-likeness (QED) is 0.390. The van der Waals surface area contributed by atoms with E-state index in [1.807, 2.05) is 5.38 Å². The Kier molecular flexibility index (Phi) is 7.39. The topological polar surface area (TPSA) is 135 Å². The summed E-state index contributed by atoms with van der Waals surface area (Å²) in [5, 5.41) is 12.8. The molecule has 0 aromatic carbocycles. The van der Waals surface area contributed by atoms with E-state index in [0.29, 0.717) is 29.5 Å². The first kappa shape index (κ1) is 26.3. The maximum atomic E-state index is 13.3. The number of nitrogens with two attached hydrogens (primary N) is 1. The van der Waals surface area contributed by atoms with Gasteiger partial charge in [-0.15, -0.1) is 11.3 Å². The molecule has 6 rings (SSSR count). The summed E-state index contributed by atoms with van der Waals surface area (Å²) >= 11 is 1.40. The predicted molar refractivity (Wildman–Crippen MR) is 152 cm³/mol. The molecule has 1 saturated carbocycles. The van der Waals surface area contributed by atoms with Crippen molar-refractivity contribution in [2.24, 2.45) is 5.92 Å². The first-order valence-corrected chi connectivity index (χ1v) is 15.0. The lowest BCUT2D eigenvalue weighted by molar-refractivity contribution is -0.00703. The van der Waals surface area contributed by atoms with Gasteiger partial charge in [0.15, 0.2) is 10.8 Å². The molecule has 2 fully saturated rings. The van der Waals surface area contributed by atoms with E-state index >= 15 is 0 Å². The van der Waals surface area contributed by atoms with Gasteiger partial charge in [0.2, 0.25) is 5.95 Å². The van der Waals surface area contributed by atoms with Crippen LogP contribution in [0.3, 0.4) is 0 Å². The number of aromatic amines is 1. The normalized spacial score (nSPS) is 19.9.